The predicted octanol–water partition coefficient (Wildman–Crippen LogP) is 4.95. The highest BCUT2D eigenvalue weighted by Gasteiger charge is 2.22. The lowest BCUT2D eigenvalue weighted by Crippen LogP contribution is -2.24. The van der Waals surface area contributed by atoms with E-state index in [1.807, 2.05) is 97.3 Å². The maximum absolute atomic E-state index is 13.8. The quantitative estimate of drug-likeness (QED) is 0.398. The van der Waals surface area contributed by atoms with Crippen LogP contribution in [0.25, 0.3) is 38.9 Å². The van der Waals surface area contributed by atoms with Crippen LogP contribution in [0.5, 0.6) is 0 Å². The standard InChI is InChI=1S/C27H21N5O/c1-17-12-14-20(15-13-17)32-25-23(24-26(32)30-22-11-7-6-10-21(22)29-24)27(33)31(18(2)28-25)16-19-8-4-3-5-9-19/h3-15H,16H2,1-2H3. The zero-order valence-electron chi connectivity index (χ0n) is 18.4. The molecule has 0 saturated heterocycles. The minimum absolute atomic E-state index is 0.109. The van der Waals surface area contributed by atoms with Crippen LogP contribution in [0, 0.1) is 13.8 Å². The van der Waals surface area contributed by atoms with Gasteiger partial charge in [-0.2, -0.15) is 0 Å². The molecule has 160 valence electrons. The van der Waals surface area contributed by atoms with Gasteiger partial charge in [-0.1, -0.05) is 60.2 Å². The van der Waals surface area contributed by atoms with E-state index < -0.39 is 0 Å². The lowest BCUT2D eigenvalue weighted by atomic mass is 10.2. The van der Waals surface area contributed by atoms with E-state index in [9.17, 15) is 4.79 Å². The van der Waals surface area contributed by atoms with E-state index in [4.69, 9.17) is 15.0 Å². The Morgan fingerprint density at radius 2 is 1.39 bits per heavy atom. The molecule has 0 aliphatic carbocycles. The SMILES string of the molecule is Cc1ccc(-n2c3nc4ccccc4nc3c3c(=O)n(Cc4ccccc4)c(C)nc32)cc1. The van der Waals surface area contributed by atoms with Gasteiger partial charge >= 0.3 is 0 Å². The summed E-state index contributed by atoms with van der Waals surface area (Å²) < 4.78 is 3.66. The van der Waals surface area contributed by atoms with Crippen LogP contribution in [-0.2, 0) is 6.54 Å². The van der Waals surface area contributed by atoms with Crippen molar-refractivity contribution in [2.75, 3.05) is 0 Å². The summed E-state index contributed by atoms with van der Waals surface area (Å²) in [5.41, 5.74) is 6.31. The number of benzene rings is 3. The van der Waals surface area contributed by atoms with Crippen LogP contribution in [0.1, 0.15) is 17.0 Å². The largest absolute Gasteiger partial charge is 0.292 e. The van der Waals surface area contributed by atoms with E-state index in [0.717, 1.165) is 27.8 Å². The normalized spacial score (nSPS) is 11.6. The first-order valence-electron chi connectivity index (χ1n) is 10.9. The van der Waals surface area contributed by atoms with E-state index in [2.05, 4.69) is 0 Å². The third-order valence-corrected chi connectivity index (χ3v) is 6.03. The highest BCUT2D eigenvalue weighted by Crippen LogP contribution is 2.28. The molecule has 0 saturated carbocycles. The Labute approximate surface area is 189 Å². The van der Waals surface area contributed by atoms with Crippen LogP contribution < -0.4 is 5.56 Å². The Kier molecular flexibility index (Phi) is 4.33. The van der Waals surface area contributed by atoms with E-state index in [0.29, 0.717) is 34.6 Å². The molecule has 0 radical (unpaired) electrons. The van der Waals surface area contributed by atoms with Crippen LogP contribution in [0.2, 0.25) is 0 Å². The van der Waals surface area contributed by atoms with Crippen molar-refractivity contribution < 1.29 is 0 Å². The summed E-state index contributed by atoms with van der Waals surface area (Å²) in [4.78, 5) is 28.5. The van der Waals surface area contributed by atoms with E-state index in [-0.39, 0.29) is 5.56 Å². The fourth-order valence-electron chi connectivity index (χ4n) is 4.32. The molecule has 6 heteroatoms. The second-order valence-corrected chi connectivity index (χ2v) is 8.29. The minimum Gasteiger partial charge on any atom is -0.292 e. The van der Waals surface area contributed by atoms with Gasteiger partial charge in [0.2, 0.25) is 0 Å². The molecule has 3 heterocycles. The van der Waals surface area contributed by atoms with Gasteiger partial charge in [-0.25, -0.2) is 15.0 Å². The summed E-state index contributed by atoms with van der Waals surface area (Å²) in [7, 11) is 0. The molecule has 0 aliphatic heterocycles. The maximum Gasteiger partial charge on any atom is 0.265 e. The Bertz CT molecular complexity index is 1710. The summed E-state index contributed by atoms with van der Waals surface area (Å²) in [6.07, 6.45) is 0. The van der Waals surface area contributed by atoms with Crippen LogP contribution in [-0.4, -0.2) is 24.1 Å². The topological polar surface area (TPSA) is 65.6 Å². The number of hydrogen-bond acceptors (Lipinski definition) is 4. The molecule has 0 atom stereocenters. The van der Waals surface area contributed by atoms with Crippen LogP contribution in [0.4, 0.5) is 0 Å². The number of rotatable bonds is 3. The van der Waals surface area contributed by atoms with E-state index in [1.54, 1.807) is 4.57 Å². The number of aromatic nitrogens is 5. The summed E-state index contributed by atoms with van der Waals surface area (Å²) >= 11 is 0. The molecule has 3 aromatic heterocycles. The molecule has 0 bridgehead atoms. The predicted molar refractivity (Wildman–Crippen MR) is 131 cm³/mol. The molecule has 0 amide bonds. The zero-order valence-corrected chi connectivity index (χ0v) is 18.4. The lowest BCUT2D eigenvalue weighted by Gasteiger charge is -2.11. The van der Waals surface area contributed by atoms with Crippen LogP contribution in [0.15, 0.2) is 83.7 Å². The average molecular weight is 431 g/mol. The lowest BCUT2D eigenvalue weighted by molar-refractivity contribution is 0.711. The van der Waals surface area contributed by atoms with Gasteiger partial charge in [-0.3, -0.25) is 13.9 Å². The molecular formula is C27H21N5O. The Balaban J connectivity index is 1.73. The average Bonchev–Trinajstić information content (AvgIpc) is 3.14. The van der Waals surface area contributed by atoms with Gasteiger partial charge in [-0.05, 0) is 43.7 Å². The van der Waals surface area contributed by atoms with Gasteiger partial charge < -0.3 is 0 Å². The summed E-state index contributed by atoms with van der Waals surface area (Å²) in [6.45, 7) is 4.37. The third kappa shape index (κ3) is 3.10. The Hall–Kier alpha value is -4.32. The fourth-order valence-corrected chi connectivity index (χ4v) is 4.32. The fraction of sp³-hybridized carbons (Fsp3) is 0.111. The molecule has 3 aromatic carbocycles. The van der Waals surface area contributed by atoms with Gasteiger partial charge in [0.25, 0.3) is 5.56 Å². The van der Waals surface area contributed by atoms with Crippen molar-refractivity contribution in [3.63, 3.8) is 0 Å². The molecule has 0 N–H and O–H groups in total. The molecule has 0 fully saturated rings. The third-order valence-electron chi connectivity index (χ3n) is 6.03. The summed E-state index contributed by atoms with van der Waals surface area (Å²) in [5, 5.41) is 0.491. The van der Waals surface area contributed by atoms with Crippen molar-refractivity contribution in [2.45, 2.75) is 20.4 Å². The Morgan fingerprint density at radius 1 is 0.727 bits per heavy atom. The van der Waals surface area contributed by atoms with Crippen molar-refractivity contribution in [3.8, 4) is 5.69 Å². The smallest absolute Gasteiger partial charge is 0.265 e. The molecule has 6 aromatic rings. The van der Waals surface area contributed by atoms with Crippen molar-refractivity contribution >= 4 is 33.2 Å². The first-order valence-corrected chi connectivity index (χ1v) is 10.9. The molecule has 6 rings (SSSR count). The highest BCUT2D eigenvalue weighted by molar-refractivity contribution is 6.05. The van der Waals surface area contributed by atoms with E-state index in [1.165, 1.54) is 0 Å². The van der Waals surface area contributed by atoms with E-state index >= 15 is 0 Å². The van der Waals surface area contributed by atoms with Crippen LogP contribution in [0.3, 0.4) is 0 Å². The zero-order chi connectivity index (χ0) is 22.5. The number of aryl methyl sites for hydroxylation is 2. The monoisotopic (exact) mass is 431 g/mol. The number of fused-ring (bicyclic) bond motifs is 4. The van der Waals surface area contributed by atoms with Crippen molar-refractivity contribution in [1.29, 1.82) is 0 Å². The Morgan fingerprint density at radius 3 is 2.12 bits per heavy atom. The van der Waals surface area contributed by atoms with Crippen molar-refractivity contribution in [3.05, 3.63) is 106 Å². The first kappa shape index (κ1) is 19.4. The number of hydrogen-bond donors (Lipinski definition) is 0. The van der Waals surface area contributed by atoms with Crippen LogP contribution >= 0.6 is 0 Å². The molecule has 0 aliphatic rings. The van der Waals surface area contributed by atoms with Gasteiger partial charge in [0.05, 0.1) is 17.6 Å². The summed E-state index contributed by atoms with van der Waals surface area (Å²) in [6, 6.07) is 25.8. The van der Waals surface area contributed by atoms with Gasteiger partial charge in [0, 0.05) is 5.69 Å². The van der Waals surface area contributed by atoms with Gasteiger partial charge in [-0.15, -0.1) is 0 Å². The molecule has 33 heavy (non-hydrogen) atoms. The molecule has 6 nitrogen and oxygen atoms in total. The van der Waals surface area contributed by atoms with Gasteiger partial charge in [0.15, 0.2) is 11.3 Å². The second kappa shape index (κ2) is 7.38. The minimum atomic E-state index is -0.109. The molecule has 0 unspecified atom stereocenters. The number of para-hydroxylation sites is 2. The molecular weight excluding hydrogens is 410 g/mol. The second-order valence-electron chi connectivity index (χ2n) is 8.29. The van der Waals surface area contributed by atoms with Crippen molar-refractivity contribution in [2.24, 2.45) is 0 Å². The van der Waals surface area contributed by atoms with Gasteiger partial charge in [0.1, 0.15) is 16.7 Å². The van der Waals surface area contributed by atoms with Crippen molar-refractivity contribution in [1.82, 2.24) is 24.1 Å². The summed E-state index contributed by atoms with van der Waals surface area (Å²) in [5.74, 6) is 0.650. The maximum atomic E-state index is 13.8. The number of nitrogens with zero attached hydrogens (tertiary/aromatic N) is 5. The first-order chi connectivity index (χ1) is 16.1. The highest BCUT2D eigenvalue weighted by atomic mass is 16.1. The molecule has 0 spiro atoms.